The molecule has 2 aromatic rings. The summed E-state index contributed by atoms with van der Waals surface area (Å²) in [4.78, 5) is 8.21. The lowest BCUT2D eigenvalue weighted by Crippen LogP contribution is -2.03. The maximum atomic E-state index is 13.6. The molecule has 0 saturated carbocycles. The van der Waals surface area contributed by atoms with Gasteiger partial charge in [-0.3, -0.25) is 0 Å². The molecule has 0 bridgehead atoms. The molecule has 0 aliphatic carbocycles. The topological polar surface area (TPSA) is 49.8 Å². The van der Waals surface area contributed by atoms with Crippen LogP contribution in [0.1, 0.15) is 0 Å². The van der Waals surface area contributed by atoms with Crippen molar-refractivity contribution in [1.29, 1.82) is 0 Å². The van der Waals surface area contributed by atoms with Gasteiger partial charge in [-0.15, -0.1) is 0 Å². The molecule has 2 N–H and O–H groups in total. The van der Waals surface area contributed by atoms with Crippen LogP contribution in [0, 0.1) is 17.5 Å². The number of rotatable bonds is 4. The molecule has 1 aromatic heterocycles. The van der Waals surface area contributed by atoms with Gasteiger partial charge in [-0.1, -0.05) is 11.8 Å². The monoisotopic (exact) mass is 300 g/mol. The lowest BCUT2D eigenvalue weighted by atomic mass is 10.3. The Morgan fingerprint density at radius 2 is 1.75 bits per heavy atom. The lowest BCUT2D eigenvalue weighted by molar-refractivity contribution is 0.498. The Kier molecular flexibility index (Phi) is 4.33. The van der Waals surface area contributed by atoms with Gasteiger partial charge in [0, 0.05) is 25.2 Å². The third kappa shape index (κ3) is 3.13. The van der Waals surface area contributed by atoms with E-state index in [0.717, 1.165) is 6.07 Å². The molecular formula is C12H11F3N4S. The second-order valence-corrected chi connectivity index (χ2v) is 4.52. The number of benzene rings is 1. The van der Waals surface area contributed by atoms with Gasteiger partial charge in [0.2, 0.25) is 0 Å². The van der Waals surface area contributed by atoms with Gasteiger partial charge in [-0.05, 0) is 6.26 Å². The highest BCUT2D eigenvalue weighted by Crippen LogP contribution is 2.24. The molecule has 1 aromatic carbocycles. The molecule has 0 aliphatic rings. The fourth-order valence-corrected chi connectivity index (χ4v) is 1.87. The summed E-state index contributed by atoms with van der Waals surface area (Å²) in [5.74, 6) is -2.57. The summed E-state index contributed by atoms with van der Waals surface area (Å²) >= 11 is 1.29. The van der Waals surface area contributed by atoms with E-state index in [1.807, 2.05) is 0 Å². The Bertz CT molecular complexity index is 614. The van der Waals surface area contributed by atoms with Crippen molar-refractivity contribution in [2.45, 2.75) is 5.16 Å². The minimum absolute atomic E-state index is 0.234. The predicted octanol–water partition coefficient (Wildman–Crippen LogP) is 3.40. The maximum absolute atomic E-state index is 13.6. The molecular weight excluding hydrogens is 289 g/mol. The number of halogens is 3. The zero-order valence-corrected chi connectivity index (χ0v) is 11.5. The highest BCUT2D eigenvalue weighted by Gasteiger charge is 2.12. The van der Waals surface area contributed by atoms with Crippen molar-refractivity contribution in [3.8, 4) is 0 Å². The van der Waals surface area contributed by atoms with Gasteiger partial charge >= 0.3 is 0 Å². The average Bonchev–Trinajstić information content (AvgIpc) is 2.43. The third-order valence-electron chi connectivity index (χ3n) is 2.40. The first kappa shape index (κ1) is 14.4. The molecule has 0 spiro atoms. The summed E-state index contributed by atoms with van der Waals surface area (Å²) < 4.78 is 39.8. The van der Waals surface area contributed by atoms with Crippen molar-refractivity contribution < 1.29 is 13.2 Å². The molecule has 106 valence electrons. The van der Waals surface area contributed by atoms with Crippen LogP contribution in [0.3, 0.4) is 0 Å². The number of nitrogens with zero attached hydrogens (tertiary/aromatic N) is 2. The van der Waals surface area contributed by atoms with Gasteiger partial charge in [-0.25, -0.2) is 23.1 Å². The van der Waals surface area contributed by atoms with Crippen LogP contribution in [0.2, 0.25) is 0 Å². The Labute approximate surface area is 117 Å². The molecule has 0 aliphatic heterocycles. The highest BCUT2D eigenvalue weighted by atomic mass is 32.2. The second kappa shape index (κ2) is 6.00. The quantitative estimate of drug-likeness (QED) is 0.515. The summed E-state index contributed by atoms with van der Waals surface area (Å²) in [6.45, 7) is 0. The number of aromatic nitrogens is 2. The highest BCUT2D eigenvalue weighted by molar-refractivity contribution is 7.98. The van der Waals surface area contributed by atoms with E-state index in [1.165, 1.54) is 17.8 Å². The van der Waals surface area contributed by atoms with Gasteiger partial charge < -0.3 is 10.6 Å². The summed E-state index contributed by atoms with van der Waals surface area (Å²) in [7, 11) is 1.67. The Morgan fingerprint density at radius 3 is 2.40 bits per heavy atom. The number of hydrogen-bond acceptors (Lipinski definition) is 5. The minimum atomic E-state index is -1.26. The summed E-state index contributed by atoms with van der Waals surface area (Å²) in [6.07, 6.45) is 1.78. The molecule has 1 heterocycles. The third-order valence-corrected chi connectivity index (χ3v) is 2.95. The van der Waals surface area contributed by atoms with E-state index in [2.05, 4.69) is 20.6 Å². The van der Waals surface area contributed by atoms with Gasteiger partial charge in [0.1, 0.15) is 17.5 Å². The average molecular weight is 300 g/mol. The van der Waals surface area contributed by atoms with E-state index in [-0.39, 0.29) is 11.5 Å². The van der Waals surface area contributed by atoms with Crippen LogP contribution in [0.15, 0.2) is 23.4 Å². The van der Waals surface area contributed by atoms with Crippen LogP contribution >= 0.6 is 11.8 Å². The molecule has 0 saturated heterocycles. The van der Waals surface area contributed by atoms with Gasteiger partial charge in [0.25, 0.3) is 0 Å². The Balaban J connectivity index is 2.39. The molecule has 2 rings (SSSR count). The molecule has 4 nitrogen and oxygen atoms in total. The van der Waals surface area contributed by atoms with Crippen LogP contribution in [0.25, 0.3) is 0 Å². The van der Waals surface area contributed by atoms with E-state index in [9.17, 15) is 13.2 Å². The van der Waals surface area contributed by atoms with Crippen LogP contribution in [-0.2, 0) is 0 Å². The summed E-state index contributed by atoms with van der Waals surface area (Å²) in [6, 6.07) is 2.84. The van der Waals surface area contributed by atoms with Crippen LogP contribution in [0.5, 0.6) is 0 Å². The van der Waals surface area contributed by atoms with E-state index < -0.39 is 17.5 Å². The molecule has 0 amide bonds. The standard InChI is InChI=1S/C12H11F3N4S/c1-16-9-5-10(19-12(18-9)20-2)17-8-4-6(13)3-7(14)11(8)15/h3-5H,1-2H3,(H2,16,17,18,19). The van der Waals surface area contributed by atoms with Crippen molar-refractivity contribution >= 4 is 29.1 Å². The fraction of sp³-hybridized carbons (Fsp3) is 0.167. The first-order valence-corrected chi connectivity index (χ1v) is 6.78. The van der Waals surface area contributed by atoms with Gasteiger partial charge in [0.05, 0.1) is 5.69 Å². The molecule has 0 unspecified atom stereocenters. The molecule has 20 heavy (non-hydrogen) atoms. The van der Waals surface area contributed by atoms with E-state index in [4.69, 9.17) is 0 Å². The normalized spacial score (nSPS) is 10.4. The number of nitrogens with one attached hydrogen (secondary N) is 2. The van der Waals surface area contributed by atoms with E-state index in [0.29, 0.717) is 17.0 Å². The fourth-order valence-electron chi connectivity index (χ4n) is 1.49. The number of hydrogen-bond donors (Lipinski definition) is 2. The maximum Gasteiger partial charge on any atom is 0.191 e. The zero-order chi connectivity index (χ0) is 14.7. The lowest BCUT2D eigenvalue weighted by Gasteiger charge is -2.10. The number of thioether (sulfide) groups is 1. The molecule has 8 heteroatoms. The number of anilines is 3. The van der Waals surface area contributed by atoms with Crippen LogP contribution in [0.4, 0.5) is 30.5 Å². The van der Waals surface area contributed by atoms with Crippen molar-refractivity contribution in [1.82, 2.24) is 9.97 Å². The van der Waals surface area contributed by atoms with Crippen molar-refractivity contribution in [2.24, 2.45) is 0 Å². The second-order valence-electron chi connectivity index (χ2n) is 3.75. The van der Waals surface area contributed by atoms with Crippen molar-refractivity contribution in [3.05, 3.63) is 35.7 Å². The van der Waals surface area contributed by atoms with Gasteiger partial charge in [0.15, 0.2) is 16.8 Å². The van der Waals surface area contributed by atoms with Crippen molar-refractivity contribution in [3.63, 3.8) is 0 Å². The summed E-state index contributed by atoms with van der Waals surface area (Å²) in [5.41, 5.74) is -0.324. The minimum Gasteiger partial charge on any atom is -0.373 e. The molecule has 0 fully saturated rings. The zero-order valence-electron chi connectivity index (χ0n) is 10.7. The van der Waals surface area contributed by atoms with E-state index >= 15 is 0 Å². The summed E-state index contributed by atoms with van der Waals surface area (Å²) in [5, 5.41) is 5.80. The van der Waals surface area contributed by atoms with Crippen LogP contribution in [-0.4, -0.2) is 23.3 Å². The first-order chi connectivity index (χ1) is 9.53. The molecule has 0 atom stereocenters. The largest absolute Gasteiger partial charge is 0.373 e. The van der Waals surface area contributed by atoms with Gasteiger partial charge in [-0.2, -0.15) is 0 Å². The van der Waals surface area contributed by atoms with E-state index in [1.54, 1.807) is 13.3 Å². The smallest absolute Gasteiger partial charge is 0.191 e. The van der Waals surface area contributed by atoms with Crippen LogP contribution < -0.4 is 10.6 Å². The Hall–Kier alpha value is -1.96. The molecule has 0 radical (unpaired) electrons. The Morgan fingerprint density at radius 1 is 1.05 bits per heavy atom. The van der Waals surface area contributed by atoms with Crippen molar-refractivity contribution in [2.75, 3.05) is 23.9 Å². The first-order valence-electron chi connectivity index (χ1n) is 5.56. The SMILES string of the molecule is CNc1cc(Nc2cc(F)cc(F)c2F)nc(SC)n1. The predicted molar refractivity (Wildman–Crippen MR) is 73.0 cm³/mol.